The zero-order valence-corrected chi connectivity index (χ0v) is 11.8. The van der Waals surface area contributed by atoms with Crippen molar-refractivity contribution >= 4 is 11.4 Å². The predicted molar refractivity (Wildman–Crippen MR) is 76.9 cm³/mol. The van der Waals surface area contributed by atoms with Gasteiger partial charge in [-0.25, -0.2) is 0 Å². The van der Waals surface area contributed by atoms with Crippen molar-refractivity contribution in [3.05, 3.63) is 33.9 Å². The normalized spacial score (nSPS) is 16.5. The number of nitrogens with one attached hydrogen (secondary N) is 1. The van der Waals surface area contributed by atoms with Crippen LogP contribution >= 0.6 is 0 Å². The van der Waals surface area contributed by atoms with Crippen LogP contribution in [0.15, 0.2) is 18.2 Å². The van der Waals surface area contributed by atoms with E-state index in [-0.39, 0.29) is 16.0 Å². The van der Waals surface area contributed by atoms with Crippen LogP contribution in [0.5, 0.6) is 0 Å². The fraction of sp³-hybridized carbons (Fsp3) is 0.571. The molecule has 0 aromatic heterocycles. The van der Waals surface area contributed by atoms with Gasteiger partial charge < -0.3 is 10.2 Å². The Morgan fingerprint density at radius 1 is 1.26 bits per heavy atom. The average molecular weight is 263 g/mol. The van der Waals surface area contributed by atoms with Crippen molar-refractivity contribution in [3.8, 4) is 0 Å². The summed E-state index contributed by atoms with van der Waals surface area (Å²) < 4.78 is 0. The van der Waals surface area contributed by atoms with Crippen LogP contribution in [0.3, 0.4) is 0 Å². The van der Waals surface area contributed by atoms with Gasteiger partial charge in [0.1, 0.15) is 0 Å². The van der Waals surface area contributed by atoms with Gasteiger partial charge in [-0.2, -0.15) is 0 Å². The van der Waals surface area contributed by atoms with Gasteiger partial charge in [-0.1, -0.05) is 20.8 Å². The summed E-state index contributed by atoms with van der Waals surface area (Å²) in [6.07, 6.45) is 0. The van der Waals surface area contributed by atoms with Crippen LogP contribution in [0.2, 0.25) is 0 Å². The van der Waals surface area contributed by atoms with E-state index in [2.05, 4.69) is 31.0 Å². The second-order valence-corrected chi connectivity index (χ2v) is 5.95. The first-order chi connectivity index (χ1) is 8.89. The van der Waals surface area contributed by atoms with E-state index in [4.69, 9.17) is 0 Å². The number of non-ortho nitro benzene ring substituents is 1. The van der Waals surface area contributed by atoms with Gasteiger partial charge in [0, 0.05) is 44.0 Å². The molecule has 1 aliphatic heterocycles. The van der Waals surface area contributed by atoms with E-state index < -0.39 is 0 Å². The van der Waals surface area contributed by atoms with Gasteiger partial charge in [0.2, 0.25) is 0 Å². The van der Waals surface area contributed by atoms with Crippen molar-refractivity contribution in [1.29, 1.82) is 0 Å². The Balaban J connectivity index is 2.44. The predicted octanol–water partition coefficient (Wildman–Crippen LogP) is 2.30. The largest absolute Gasteiger partial charge is 0.369 e. The van der Waals surface area contributed by atoms with Crippen molar-refractivity contribution < 1.29 is 4.92 Å². The number of piperazine rings is 1. The molecule has 0 amide bonds. The van der Waals surface area contributed by atoms with Crippen molar-refractivity contribution in [2.45, 2.75) is 26.2 Å². The molecule has 1 heterocycles. The van der Waals surface area contributed by atoms with Crippen molar-refractivity contribution in [1.82, 2.24) is 5.32 Å². The molecule has 0 radical (unpaired) electrons. The zero-order valence-electron chi connectivity index (χ0n) is 11.8. The van der Waals surface area contributed by atoms with Crippen LogP contribution in [0.4, 0.5) is 11.4 Å². The van der Waals surface area contributed by atoms with E-state index in [1.807, 2.05) is 6.07 Å². The first-order valence-electron chi connectivity index (χ1n) is 6.64. The van der Waals surface area contributed by atoms with E-state index in [0.29, 0.717) is 0 Å². The molecule has 0 spiro atoms. The number of benzene rings is 1. The first kappa shape index (κ1) is 13.8. The quantitative estimate of drug-likeness (QED) is 0.657. The maximum atomic E-state index is 10.9. The molecular formula is C14H21N3O2. The SMILES string of the molecule is CC(C)(C)c1cc([N+](=O)[O-])ccc1N1CCNCC1. The minimum absolute atomic E-state index is 0.105. The molecule has 5 nitrogen and oxygen atoms in total. The highest BCUT2D eigenvalue weighted by molar-refractivity contribution is 5.60. The zero-order chi connectivity index (χ0) is 14.0. The molecule has 1 N–H and O–H groups in total. The van der Waals surface area contributed by atoms with Crippen molar-refractivity contribution in [2.24, 2.45) is 0 Å². The molecule has 0 atom stereocenters. The smallest absolute Gasteiger partial charge is 0.269 e. The lowest BCUT2D eigenvalue weighted by Gasteiger charge is -2.34. The summed E-state index contributed by atoms with van der Waals surface area (Å²) in [4.78, 5) is 12.9. The number of hydrogen-bond acceptors (Lipinski definition) is 4. The molecule has 0 bridgehead atoms. The highest BCUT2D eigenvalue weighted by Gasteiger charge is 2.24. The Morgan fingerprint density at radius 3 is 2.42 bits per heavy atom. The second-order valence-electron chi connectivity index (χ2n) is 5.95. The maximum Gasteiger partial charge on any atom is 0.269 e. The summed E-state index contributed by atoms with van der Waals surface area (Å²) in [6, 6.07) is 5.22. The van der Waals surface area contributed by atoms with Crippen LogP contribution in [0.25, 0.3) is 0 Å². The molecular weight excluding hydrogens is 242 g/mol. The van der Waals surface area contributed by atoms with Crippen molar-refractivity contribution in [2.75, 3.05) is 31.1 Å². The molecule has 5 heteroatoms. The summed E-state index contributed by atoms with van der Waals surface area (Å²) in [5.74, 6) is 0. The summed E-state index contributed by atoms with van der Waals surface area (Å²) >= 11 is 0. The third-order valence-corrected chi connectivity index (χ3v) is 3.46. The molecule has 0 aliphatic carbocycles. The fourth-order valence-corrected chi connectivity index (χ4v) is 2.42. The highest BCUT2D eigenvalue weighted by atomic mass is 16.6. The standard InChI is InChI=1S/C14H21N3O2/c1-14(2,3)12-10-11(17(18)19)4-5-13(12)16-8-6-15-7-9-16/h4-5,10,15H,6-9H2,1-3H3. The minimum Gasteiger partial charge on any atom is -0.369 e. The molecule has 2 rings (SSSR count). The number of hydrogen-bond donors (Lipinski definition) is 1. The van der Waals surface area contributed by atoms with E-state index >= 15 is 0 Å². The van der Waals surface area contributed by atoms with Crippen LogP contribution in [0.1, 0.15) is 26.3 Å². The van der Waals surface area contributed by atoms with E-state index in [1.165, 1.54) is 0 Å². The highest BCUT2D eigenvalue weighted by Crippen LogP contribution is 2.34. The van der Waals surface area contributed by atoms with E-state index in [0.717, 1.165) is 37.4 Å². The Labute approximate surface area is 113 Å². The third kappa shape index (κ3) is 3.04. The lowest BCUT2D eigenvalue weighted by molar-refractivity contribution is -0.384. The summed E-state index contributed by atoms with van der Waals surface area (Å²) in [5, 5.41) is 14.3. The van der Waals surface area contributed by atoms with Gasteiger partial charge in [0.25, 0.3) is 5.69 Å². The molecule has 104 valence electrons. The lowest BCUT2D eigenvalue weighted by atomic mass is 9.85. The molecule has 1 aromatic carbocycles. The van der Waals surface area contributed by atoms with Gasteiger partial charge in [-0.15, -0.1) is 0 Å². The summed E-state index contributed by atoms with van der Waals surface area (Å²) in [5.41, 5.74) is 2.23. The molecule has 19 heavy (non-hydrogen) atoms. The topological polar surface area (TPSA) is 58.4 Å². The van der Waals surface area contributed by atoms with Gasteiger partial charge in [0.15, 0.2) is 0 Å². The number of nitro benzene ring substituents is 1. The average Bonchev–Trinajstić information content (AvgIpc) is 2.38. The van der Waals surface area contributed by atoms with Crippen LogP contribution in [0, 0.1) is 10.1 Å². The van der Waals surface area contributed by atoms with E-state index in [1.54, 1.807) is 12.1 Å². The number of nitro groups is 1. The van der Waals surface area contributed by atoms with Crippen LogP contribution in [-0.4, -0.2) is 31.1 Å². The molecule has 1 aromatic rings. The van der Waals surface area contributed by atoms with Gasteiger partial charge >= 0.3 is 0 Å². The van der Waals surface area contributed by atoms with Gasteiger partial charge in [-0.3, -0.25) is 10.1 Å². The molecule has 0 unspecified atom stereocenters. The maximum absolute atomic E-state index is 10.9. The minimum atomic E-state index is -0.323. The third-order valence-electron chi connectivity index (χ3n) is 3.46. The molecule has 1 aliphatic rings. The fourth-order valence-electron chi connectivity index (χ4n) is 2.42. The van der Waals surface area contributed by atoms with Gasteiger partial charge in [-0.05, 0) is 17.0 Å². The van der Waals surface area contributed by atoms with Crippen molar-refractivity contribution in [3.63, 3.8) is 0 Å². The Bertz CT molecular complexity index is 474. The number of rotatable bonds is 2. The van der Waals surface area contributed by atoms with E-state index in [9.17, 15) is 10.1 Å². The molecule has 0 saturated carbocycles. The Kier molecular flexibility index (Phi) is 3.75. The monoisotopic (exact) mass is 263 g/mol. The molecule has 1 saturated heterocycles. The first-order valence-corrected chi connectivity index (χ1v) is 6.64. The Hall–Kier alpha value is -1.62. The van der Waals surface area contributed by atoms with Crippen LogP contribution < -0.4 is 10.2 Å². The second kappa shape index (κ2) is 5.17. The van der Waals surface area contributed by atoms with Crippen LogP contribution in [-0.2, 0) is 5.41 Å². The number of nitrogens with zero attached hydrogens (tertiary/aromatic N) is 2. The lowest BCUT2D eigenvalue weighted by Crippen LogP contribution is -2.44. The Morgan fingerprint density at radius 2 is 1.89 bits per heavy atom. The summed E-state index contributed by atoms with van der Waals surface area (Å²) in [6.45, 7) is 10.1. The number of anilines is 1. The molecule has 1 fully saturated rings. The summed E-state index contributed by atoms with van der Waals surface area (Å²) in [7, 11) is 0. The van der Waals surface area contributed by atoms with Gasteiger partial charge in [0.05, 0.1) is 4.92 Å².